The van der Waals surface area contributed by atoms with Crippen LogP contribution in [0.15, 0.2) is 42.5 Å². The van der Waals surface area contributed by atoms with Crippen LogP contribution in [0.5, 0.6) is 0 Å². The van der Waals surface area contributed by atoms with Crippen molar-refractivity contribution in [2.75, 3.05) is 0 Å². The Kier molecular flexibility index (Phi) is 5.30. The Balaban J connectivity index is 2.03. The highest BCUT2D eigenvalue weighted by Gasteiger charge is 2.11. The van der Waals surface area contributed by atoms with Crippen LogP contribution >= 0.6 is 0 Å². The smallest absolute Gasteiger partial charge is 0.0967 e. The van der Waals surface area contributed by atoms with Crippen molar-refractivity contribution >= 4 is 24.9 Å². The van der Waals surface area contributed by atoms with E-state index in [0.29, 0.717) is 0 Å². The van der Waals surface area contributed by atoms with Gasteiger partial charge in [-0.25, -0.2) is 0 Å². The molecule has 0 saturated heterocycles. The molecule has 0 aliphatic heterocycles. The fourth-order valence-corrected chi connectivity index (χ4v) is 4.96. The van der Waals surface area contributed by atoms with Crippen molar-refractivity contribution in [2.24, 2.45) is 0 Å². The van der Waals surface area contributed by atoms with Crippen LogP contribution in [0, 0.1) is 0 Å². The first-order chi connectivity index (χ1) is 8.85. The summed E-state index contributed by atoms with van der Waals surface area (Å²) in [6.07, 6.45) is 2.64. The summed E-state index contributed by atoms with van der Waals surface area (Å²) in [5.41, 5.74) is 1.54. The Morgan fingerprint density at radius 2 is 1.61 bits per heavy atom. The molecule has 0 aliphatic carbocycles. The highest BCUT2D eigenvalue weighted by atomic mass is 27.2. The molecule has 0 nitrogen and oxygen atoms in total. The highest BCUT2D eigenvalue weighted by Crippen LogP contribution is 2.21. The van der Waals surface area contributed by atoms with Crippen LogP contribution in [0.3, 0.4) is 0 Å². The van der Waals surface area contributed by atoms with E-state index in [-0.39, 0.29) is 0 Å². The number of fused-ring (bicyclic) bond motifs is 1. The Hall–Kier alpha value is -0.768. The molecular weight excluding hydrogens is 231 g/mol. The second-order valence-electron chi connectivity index (χ2n) is 5.21. The van der Waals surface area contributed by atoms with Gasteiger partial charge in [-0.1, -0.05) is 78.6 Å². The van der Waals surface area contributed by atoms with E-state index < -0.39 is 14.1 Å². The Morgan fingerprint density at radius 3 is 2.39 bits per heavy atom. The predicted octanol–water partition coefficient (Wildman–Crippen LogP) is 5.31. The molecule has 0 aromatic heterocycles. The van der Waals surface area contributed by atoms with Crippen LogP contribution in [0.1, 0.15) is 25.8 Å². The standard InChI is InChI=1S/C13H13.2C2H5.Al/c1-2-6-11-8-5-9-12-7-3-4-10-13(11)12;2*1-2;/h3-5,7-10H,1-2,6H2;2*1H2,2H3;. The second-order valence-corrected chi connectivity index (χ2v) is 9.16. The summed E-state index contributed by atoms with van der Waals surface area (Å²) < 4.78 is 0. The number of aryl methyl sites for hydroxylation is 1. The third-order valence-corrected chi connectivity index (χ3v) is 7.63. The Bertz CT molecular complexity index is 480. The zero-order valence-electron chi connectivity index (χ0n) is 11.7. The normalized spacial score (nSPS) is 10.8. The first kappa shape index (κ1) is 13.7. The van der Waals surface area contributed by atoms with Crippen LogP contribution in [-0.4, -0.2) is 14.1 Å². The van der Waals surface area contributed by atoms with Gasteiger partial charge in [-0.2, -0.15) is 0 Å². The topological polar surface area (TPSA) is 0 Å². The third kappa shape index (κ3) is 3.38. The molecule has 94 valence electrons. The van der Waals surface area contributed by atoms with E-state index in [4.69, 9.17) is 0 Å². The monoisotopic (exact) mass is 254 g/mol. The molecule has 0 fully saturated rings. The van der Waals surface area contributed by atoms with Gasteiger partial charge in [-0.15, -0.1) is 0 Å². The van der Waals surface area contributed by atoms with Gasteiger partial charge in [0.25, 0.3) is 14.1 Å². The van der Waals surface area contributed by atoms with Crippen LogP contribution < -0.4 is 0 Å². The minimum absolute atomic E-state index is 0.395. The maximum Gasteiger partial charge on any atom is 0.261 e. The molecule has 2 aromatic rings. The zero-order chi connectivity index (χ0) is 12.8. The van der Waals surface area contributed by atoms with Gasteiger partial charge in [-0.3, -0.25) is 0 Å². The maximum atomic E-state index is 2.37. The molecular formula is C17H23Al. The second kappa shape index (κ2) is 6.98. The molecule has 0 amide bonds. The molecule has 2 rings (SSSR count). The summed E-state index contributed by atoms with van der Waals surface area (Å²) in [7, 11) is 0. The summed E-state index contributed by atoms with van der Waals surface area (Å²) >= 11 is -0.395. The molecule has 0 heterocycles. The van der Waals surface area contributed by atoms with E-state index in [1.165, 1.54) is 45.0 Å². The molecule has 0 spiro atoms. The zero-order valence-corrected chi connectivity index (χ0v) is 12.8. The SMILES string of the molecule is C[CH2][Al]([CH2]C)[CH2]CCc1cccc2ccccc12. The van der Waals surface area contributed by atoms with E-state index in [0.717, 1.165) is 0 Å². The van der Waals surface area contributed by atoms with Gasteiger partial charge in [-0.05, 0) is 22.8 Å². The molecule has 0 bridgehead atoms. The Morgan fingerprint density at radius 1 is 0.889 bits per heavy atom. The fourth-order valence-electron chi connectivity index (χ4n) is 2.79. The predicted molar refractivity (Wildman–Crippen MR) is 83.8 cm³/mol. The van der Waals surface area contributed by atoms with Gasteiger partial charge in [0.1, 0.15) is 0 Å². The van der Waals surface area contributed by atoms with E-state index in [1.54, 1.807) is 0 Å². The number of hydrogen-bond donors (Lipinski definition) is 0. The van der Waals surface area contributed by atoms with Gasteiger partial charge in [0, 0.05) is 0 Å². The van der Waals surface area contributed by atoms with E-state index in [2.05, 4.69) is 56.3 Å². The minimum Gasteiger partial charge on any atom is -0.0967 e. The maximum absolute atomic E-state index is 2.37. The molecule has 0 aliphatic rings. The minimum atomic E-state index is -0.395. The first-order valence-corrected chi connectivity index (χ1v) is 9.76. The first-order valence-electron chi connectivity index (χ1n) is 7.31. The van der Waals surface area contributed by atoms with Crippen molar-refractivity contribution in [3.63, 3.8) is 0 Å². The average molecular weight is 254 g/mol. The Labute approximate surface area is 115 Å². The van der Waals surface area contributed by atoms with Gasteiger partial charge < -0.3 is 0 Å². The lowest BCUT2D eigenvalue weighted by Crippen LogP contribution is -2.08. The van der Waals surface area contributed by atoms with Crippen molar-refractivity contribution in [3.8, 4) is 0 Å². The average Bonchev–Trinajstić information content (AvgIpc) is 2.44. The van der Waals surface area contributed by atoms with E-state index in [9.17, 15) is 0 Å². The third-order valence-electron chi connectivity index (χ3n) is 4.09. The van der Waals surface area contributed by atoms with Crippen LogP contribution in [0.2, 0.25) is 15.8 Å². The summed E-state index contributed by atoms with van der Waals surface area (Å²) in [6, 6.07) is 15.5. The van der Waals surface area contributed by atoms with Crippen molar-refractivity contribution in [1.29, 1.82) is 0 Å². The van der Waals surface area contributed by atoms with Crippen LogP contribution in [-0.2, 0) is 6.42 Å². The van der Waals surface area contributed by atoms with Gasteiger partial charge >= 0.3 is 0 Å². The van der Waals surface area contributed by atoms with Crippen LogP contribution in [0.25, 0.3) is 10.8 Å². The number of benzene rings is 2. The lowest BCUT2D eigenvalue weighted by Gasteiger charge is -2.08. The number of rotatable bonds is 6. The van der Waals surface area contributed by atoms with Crippen molar-refractivity contribution in [1.82, 2.24) is 0 Å². The fraction of sp³-hybridized carbons (Fsp3) is 0.412. The molecule has 1 heteroatoms. The molecule has 0 saturated carbocycles. The van der Waals surface area contributed by atoms with Crippen molar-refractivity contribution in [2.45, 2.75) is 42.5 Å². The molecule has 0 atom stereocenters. The lowest BCUT2D eigenvalue weighted by molar-refractivity contribution is 0.908. The lowest BCUT2D eigenvalue weighted by atomic mass is 10.0. The molecule has 0 N–H and O–H groups in total. The van der Waals surface area contributed by atoms with Gasteiger partial charge in [0.15, 0.2) is 0 Å². The highest BCUT2D eigenvalue weighted by molar-refractivity contribution is 6.58. The van der Waals surface area contributed by atoms with Crippen molar-refractivity contribution < 1.29 is 0 Å². The van der Waals surface area contributed by atoms with E-state index >= 15 is 0 Å². The van der Waals surface area contributed by atoms with E-state index in [1.807, 2.05) is 0 Å². The summed E-state index contributed by atoms with van der Waals surface area (Å²) in [5, 5.41) is 7.27. The van der Waals surface area contributed by atoms with Crippen molar-refractivity contribution in [3.05, 3.63) is 48.0 Å². The van der Waals surface area contributed by atoms with Gasteiger partial charge in [0.2, 0.25) is 0 Å². The van der Waals surface area contributed by atoms with Gasteiger partial charge in [0.05, 0.1) is 0 Å². The molecule has 0 radical (unpaired) electrons. The molecule has 18 heavy (non-hydrogen) atoms. The summed E-state index contributed by atoms with van der Waals surface area (Å²) in [5.74, 6) is 0. The number of hydrogen-bond acceptors (Lipinski definition) is 0. The van der Waals surface area contributed by atoms with Crippen LogP contribution in [0.4, 0.5) is 0 Å². The summed E-state index contributed by atoms with van der Waals surface area (Å²) in [4.78, 5) is 0. The molecule has 2 aromatic carbocycles. The summed E-state index contributed by atoms with van der Waals surface area (Å²) in [6.45, 7) is 4.75. The quantitative estimate of drug-likeness (QED) is 0.613. The largest absolute Gasteiger partial charge is 0.261 e. The molecule has 0 unspecified atom stereocenters.